The molecule has 0 saturated heterocycles. The summed E-state index contributed by atoms with van der Waals surface area (Å²) in [5.41, 5.74) is 7.41. The molecule has 1 aromatic heterocycles. The van der Waals surface area contributed by atoms with Crippen molar-refractivity contribution >= 4 is 17.4 Å². The summed E-state index contributed by atoms with van der Waals surface area (Å²) in [4.78, 5) is 9.54. The van der Waals surface area contributed by atoms with Gasteiger partial charge in [0.2, 0.25) is 0 Å². The third-order valence-corrected chi connectivity index (χ3v) is 2.71. The van der Waals surface area contributed by atoms with E-state index in [1.807, 2.05) is 37.3 Å². The molecule has 0 fully saturated rings. The predicted molar refractivity (Wildman–Crippen MR) is 61.7 cm³/mol. The van der Waals surface area contributed by atoms with E-state index in [1.165, 1.54) is 11.8 Å². The normalized spacial score (nSPS) is 10.2. The Morgan fingerprint density at radius 1 is 1.27 bits per heavy atom. The molecule has 15 heavy (non-hydrogen) atoms. The van der Waals surface area contributed by atoms with Gasteiger partial charge in [0.1, 0.15) is 0 Å². The van der Waals surface area contributed by atoms with Gasteiger partial charge in [0.25, 0.3) is 0 Å². The van der Waals surface area contributed by atoms with Crippen molar-refractivity contribution < 1.29 is 0 Å². The molecule has 0 amide bonds. The van der Waals surface area contributed by atoms with E-state index in [0.29, 0.717) is 0 Å². The number of nitrogen functional groups attached to an aromatic ring is 1. The predicted octanol–water partition coefficient (Wildman–Crippen LogP) is 2.52. The van der Waals surface area contributed by atoms with E-state index < -0.39 is 0 Å². The van der Waals surface area contributed by atoms with E-state index in [-0.39, 0.29) is 0 Å². The van der Waals surface area contributed by atoms with Crippen molar-refractivity contribution in [3.63, 3.8) is 0 Å². The first-order valence-electron chi connectivity index (χ1n) is 4.57. The van der Waals surface area contributed by atoms with Gasteiger partial charge in [-0.05, 0) is 43.0 Å². The Balaban J connectivity index is 2.22. The van der Waals surface area contributed by atoms with E-state index in [4.69, 9.17) is 5.73 Å². The Kier molecular flexibility index (Phi) is 2.87. The maximum Gasteiger partial charge on any atom is 0.192 e. The van der Waals surface area contributed by atoms with Crippen molar-refractivity contribution in [2.24, 2.45) is 0 Å². The highest BCUT2D eigenvalue weighted by molar-refractivity contribution is 7.99. The molecule has 2 rings (SSSR count). The number of anilines is 1. The summed E-state index contributed by atoms with van der Waals surface area (Å²) >= 11 is 1.51. The summed E-state index contributed by atoms with van der Waals surface area (Å²) in [6.07, 6.45) is 1.76. The zero-order valence-electron chi connectivity index (χ0n) is 8.34. The zero-order chi connectivity index (χ0) is 10.7. The molecule has 0 atom stereocenters. The lowest BCUT2D eigenvalue weighted by molar-refractivity contribution is 0.932. The van der Waals surface area contributed by atoms with Gasteiger partial charge in [-0.25, -0.2) is 9.97 Å². The van der Waals surface area contributed by atoms with Gasteiger partial charge in [0.05, 0.1) is 0 Å². The average Bonchev–Trinajstić information content (AvgIpc) is 2.17. The lowest BCUT2D eigenvalue weighted by Crippen LogP contribution is -1.88. The smallest absolute Gasteiger partial charge is 0.192 e. The van der Waals surface area contributed by atoms with Crippen molar-refractivity contribution in [2.45, 2.75) is 17.0 Å². The van der Waals surface area contributed by atoms with Crippen LogP contribution >= 0.6 is 11.8 Å². The summed E-state index contributed by atoms with van der Waals surface area (Å²) in [6, 6.07) is 9.57. The second-order valence-corrected chi connectivity index (χ2v) is 4.20. The molecular formula is C11H11N3S. The van der Waals surface area contributed by atoms with E-state index in [9.17, 15) is 0 Å². The Morgan fingerprint density at radius 2 is 2.13 bits per heavy atom. The van der Waals surface area contributed by atoms with Crippen LogP contribution in [0.2, 0.25) is 0 Å². The molecule has 0 bridgehead atoms. The molecule has 0 radical (unpaired) electrons. The largest absolute Gasteiger partial charge is 0.399 e. The molecule has 0 spiro atoms. The number of aryl methyl sites for hydroxylation is 1. The van der Waals surface area contributed by atoms with Gasteiger partial charge in [-0.3, -0.25) is 0 Å². The summed E-state index contributed by atoms with van der Waals surface area (Å²) in [7, 11) is 0. The first-order valence-corrected chi connectivity index (χ1v) is 5.39. The SMILES string of the molecule is Cc1ccnc(Sc2cccc(N)c2)n1. The first kappa shape index (κ1) is 9.98. The molecule has 4 heteroatoms. The number of hydrogen-bond donors (Lipinski definition) is 1. The van der Waals surface area contributed by atoms with Crippen molar-refractivity contribution in [1.29, 1.82) is 0 Å². The van der Waals surface area contributed by atoms with Gasteiger partial charge >= 0.3 is 0 Å². The Morgan fingerprint density at radius 3 is 2.87 bits per heavy atom. The van der Waals surface area contributed by atoms with Gasteiger partial charge in [-0.1, -0.05) is 6.07 Å². The molecule has 3 nitrogen and oxygen atoms in total. The van der Waals surface area contributed by atoms with E-state index in [1.54, 1.807) is 6.20 Å². The van der Waals surface area contributed by atoms with Crippen LogP contribution < -0.4 is 5.73 Å². The van der Waals surface area contributed by atoms with Gasteiger partial charge < -0.3 is 5.73 Å². The van der Waals surface area contributed by atoms with Crippen LogP contribution in [0.25, 0.3) is 0 Å². The Labute approximate surface area is 92.8 Å². The summed E-state index contributed by atoms with van der Waals surface area (Å²) in [5, 5.41) is 0.751. The van der Waals surface area contributed by atoms with Crippen molar-refractivity contribution in [3.05, 3.63) is 42.2 Å². The minimum absolute atomic E-state index is 0.751. The molecule has 0 saturated carbocycles. The molecule has 0 unspecified atom stereocenters. The fourth-order valence-electron chi connectivity index (χ4n) is 1.16. The van der Waals surface area contributed by atoms with Crippen LogP contribution in [0.15, 0.2) is 46.6 Å². The van der Waals surface area contributed by atoms with Crippen LogP contribution in [-0.4, -0.2) is 9.97 Å². The van der Waals surface area contributed by atoms with E-state index in [0.717, 1.165) is 21.4 Å². The van der Waals surface area contributed by atoms with Gasteiger partial charge in [-0.2, -0.15) is 0 Å². The highest BCUT2D eigenvalue weighted by Crippen LogP contribution is 2.25. The minimum atomic E-state index is 0.751. The number of hydrogen-bond acceptors (Lipinski definition) is 4. The maximum atomic E-state index is 5.69. The molecule has 1 aromatic carbocycles. The van der Waals surface area contributed by atoms with Crippen LogP contribution in [-0.2, 0) is 0 Å². The second-order valence-electron chi connectivity index (χ2n) is 3.16. The van der Waals surface area contributed by atoms with Crippen LogP contribution in [0.5, 0.6) is 0 Å². The van der Waals surface area contributed by atoms with Gasteiger partial charge in [0, 0.05) is 22.5 Å². The quantitative estimate of drug-likeness (QED) is 0.620. The first-order chi connectivity index (χ1) is 7.24. The Hall–Kier alpha value is -1.55. The molecule has 1 heterocycles. The number of rotatable bonds is 2. The van der Waals surface area contributed by atoms with Gasteiger partial charge in [0.15, 0.2) is 5.16 Å². The third-order valence-electron chi connectivity index (χ3n) is 1.84. The van der Waals surface area contributed by atoms with Crippen molar-refractivity contribution in [1.82, 2.24) is 9.97 Å². The third kappa shape index (κ3) is 2.70. The van der Waals surface area contributed by atoms with Crippen LogP contribution in [0.4, 0.5) is 5.69 Å². The number of benzene rings is 1. The van der Waals surface area contributed by atoms with Crippen LogP contribution in [0.3, 0.4) is 0 Å². The molecule has 0 aliphatic carbocycles. The number of nitrogens with zero attached hydrogens (tertiary/aromatic N) is 2. The highest BCUT2D eigenvalue weighted by Gasteiger charge is 2.00. The second kappa shape index (κ2) is 4.31. The summed E-state index contributed by atoms with van der Waals surface area (Å²) < 4.78 is 0. The van der Waals surface area contributed by atoms with Crippen molar-refractivity contribution in [2.75, 3.05) is 5.73 Å². The van der Waals surface area contributed by atoms with Crippen LogP contribution in [0.1, 0.15) is 5.69 Å². The van der Waals surface area contributed by atoms with E-state index >= 15 is 0 Å². The molecular weight excluding hydrogens is 206 g/mol. The summed E-state index contributed by atoms with van der Waals surface area (Å²) in [6.45, 7) is 1.95. The Bertz CT molecular complexity index is 427. The average molecular weight is 217 g/mol. The minimum Gasteiger partial charge on any atom is -0.399 e. The molecule has 76 valence electrons. The fraction of sp³-hybridized carbons (Fsp3) is 0.0909. The number of aromatic nitrogens is 2. The molecule has 2 aromatic rings. The summed E-state index contributed by atoms with van der Waals surface area (Å²) in [5.74, 6) is 0. The fourth-order valence-corrected chi connectivity index (χ4v) is 2.01. The monoisotopic (exact) mass is 217 g/mol. The molecule has 2 N–H and O–H groups in total. The molecule has 0 aliphatic rings. The van der Waals surface area contributed by atoms with E-state index in [2.05, 4.69) is 9.97 Å². The maximum absolute atomic E-state index is 5.69. The lowest BCUT2D eigenvalue weighted by Gasteiger charge is -2.01. The van der Waals surface area contributed by atoms with Gasteiger partial charge in [-0.15, -0.1) is 0 Å². The highest BCUT2D eigenvalue weighted by atomic mass is 32.2. The standard InChI is InChI=1S/C11H11N3S/c1-8-5-6-13-11(14-8)15-10-4-2-3-9(12)7-10/h2-7H,12H2,1H3. The van der Waals surface area contributed by atoms with Crippen LogP contribution in [0, 0.1) is 6.92 Å². The topological polar surface area (TPSA) is 51.8 Å². The lowest BCUT2D eigenvalue weighted by atomic mass is 10.3. The van der Waals surface area contributed by atoms with Crippen molar-refractivity contribution in [3.8, 4) is 0 Å². The molecule has 0 aliphatic heterocycles. The number of nitrogens with two attached hydrogens (primary N) is 1. The zero-order valence-corrected chi connectivity index (χ0v) is 9.16.